The minimum absolute atomic E-state index is 0.227. The van der Waals surface area contributed by atoms with Crippen molar-refractivity contribution in [2.24, 2.45) is 5.92 Å². The van der Waals surface area contributed by atoms with Crippen molar-refractivity contribution in [3.63, 3.8) is 0 Å². The molecule has 27 heavy (non-hydrogen) atoms. The van der Waals surface area contributed by atoms with Crippen LogP contribution in [0.15, 0.2) is 36.5 Å². The van der Waals surface area contributed by atoms with Gasteiger partial charge in [-0.25, -0.2) is 13.9 Å². The summed E-state index contributed by atoms with van der Waals surface area (Å²) in [6.45, 7) is 4.14. The van der Waals surface area contributed by atoms with Gasteiger partial charge >= 0.3 is 0 Å². The third kappa shape index (κ3) is 3.30. The molecule has 0 saturated carbocycles. The summed E-state index contributed by atoms with van der Waals surface area (Å²) in [5, 5.41) is 8.08. The van der Waals surface area contributed by atoms with Crippen LogP contribution < -0.4 is 5.32 Å². The fraction of sp³-hybridized carbons (Fsp3) is 0.429. The van der Waals surface area contributed by atoms with Gasteiger partial charge in [-0.05, 0) is 61.6 Å². The van der Waals surface area contributed by atoms with Gasteiger partial charge in [-0.2, -0.15) is 0 Å². The molecule has 140 valence electrons. The first kappa shape index (κ1) is 16.7. The second kappa shape index (κ2) is 6.93. The number of hydrogen-bond acceptors (Lipinski definition) is 4. The van der Waals surface area contributed by atoms with Crippen molar-refractivity contribution in [3.8, 4) is 11.3 Å². The van der Waals surface area contributed by atoms with Crippen LogP contribution in [0.4, 0.5) is 10.2 Å². The van der Waals surface area contributed by atoms with Crippen molar-refractivity contribution in [1.29, 1.82) is 0 Å². The highest BCUT2D eigenvalue weighted by molar-refractivity contribution is 5.65. The molecule has 1 unspecified atom stereocenters. The first-order chi connectivity index (χ1) is 13.3. The number of halogens is 1. The minimum atomic E-state index is -0.227. The minimum Gasteiger partial charge on any atom is -0.367 e. The van der Waals surface area contributed by atoms with Crippen LogP contribution in [0.25, 0.3) is 16.9 Å². The molecule has 6 bridgehead atoms. The molecule has 0 spiro atoms. The number of aromatic nitrogens is 3. The molecule has 2 aliphatic heterocycles. The van der Waals surface area contributed by atoms with E-state index in [1.165, 1.54) is 24.8 Å². The predicted molar refractivity (Wildman–Crippen MR) is 104 cm³/mol. The molecule has 6 heteroatoms. The summed E-state index contributed by atoms with van der Waals surface area (Å²) >= 11 is 0. The summed E-state index contributed by atoms with van der Waals surface area (Å²) in [6, 6.07) is 9.38. The maximum absolute atomic E-state index is 14.7. The topological polar surface area (TPSA) is 45.5 Å². The standard InChI is InChI=1S/C21H24FN5/c22-18-5-4-15-11-16-3-1-2-9-26(14-16)10-8-23-20-6-7-21-24-13-19(17(18)12-15)27(21)25-20/h4-7,12-13,16H,1-3,8-11,14H2,(H,23,25)/t16-/m0/s1. The van der Waals surface area contributed by atoms with Crippen LogP contribution in [-0.2, 0) is 6.42 Å². The zero-order valence-electron chi connectivity index (χ0n) is 15.4. The molecule has 1 aromatic carbocycles. The SMILES string of the molecule is Fc1ccc2cc1-c1cnc3ccc(nn13)NCCN1CCCC[C@@H](C2)C1. The number of nitrogens with zero attached hydrogens (tertiary/aromatic N) is 4. The second-order valence-electron chi connectivity index (χ2n) is 7.74. The summed E-state index contributed by atoms with van der Waals surface area (Å²) in [7, 11) is 0. The van der Waals surface area contributed by atoms with Crippen LogP contribution in [0.3, 0.4) is 0 Å². The average Bonchev–Trinajstić information content (AvgIpc) is 2.95. The van der Waals surface area contributed by atoms with Gasteiger partial charge in [0.15, 0.2) is 5.65 Å². The number of benzene rings is 1. The largest absolute Gasteiger partial charge is 0.367 e. The van der Waals surface area contributed by atoms with Gasteiger partial charge in [0.25, 0.3) is 0 Å². The Kier molecular flexibility index (Phi) is 4.28. The molecule has 0 amide bonds. The van der Waals surface area contributed by atoms with Crippen molar-refractivity contribution >= 4 is 11.5 Å². The van der Waals surface area contributed by atoms with Gasteiger partial charge in [0.05, 0.1) is 11.9 Å². The number of imidazole rings is 1. The molecule has 2 atom stereocenters. The third-order valence-electron chi connectivity index (χ3n) is 5.78. The first-order valence-electron chi connectivity index (χ1n) is 9.86. The molecular weight excluding hydrogens is 341 g/mol. The smallest absolute Gasteiger partial charge is 0.154 e. The maximum Gasteiger partial charge on any atom is 0.154 e. The zero-order chi connectivity index (χ0) is 18.2. The summed E-state index contributed by atoms with van der Waals surface area (Å²) in [6.07, 6.45) is 6.48. The molecule has 1 saturated heterocycles. The lowest BCUT2D eigenvalue weighted by molar-refractivity contribution is 0.256. The van der Waals surface area contributed by atoms with Crippen LogP contribution >= 0.6 is 0 Å². The summed E-state index contributed by atoms with van der Waals surface area (Å²) in [5.74, 6) is 1.19. The Balaban J connectivity index is 1.62. The van der Waals surface area contributed by atoms with Crippen LogP contribution in [0.1, 0.15) is 24.8 Å². The molecular formula is C21H24FN5. The molecule has 3 aromatic rings. The Bertz CT molecular complexity index is 966. The van der Waals surface area contributed by atoms with E-state index in [9.17, 15) is 4.39 Å². The van der Waals surface area contributed by atoms with Crippen molar-refractivity contribution in [3.05, 3.63) is 47.9 Å². The van der Waals surface area contributed by atoms with E-state index in [1.807, 2.05) is 24.3 Å². The quantitative estimate of drug-likeness (QED) is 0.661. The van der Waals surface area contributed by atoms with Crippen molar-refractivity contribution in [2.45, 2.75) is 25.7 Å². The van der Waals surface area contributed by atoms with E-state index in [0.717, 1.165) is 44.1 Å². The Hall–Kier alpha value is -2.47. The van der Waals surface area contributed by atoms with Crippen LogP contribution in [0.5, 0.6) is 0 Å². The number of nitrogens with one attached hydrogen (secondary N) is 1. The fourth-order valence-electron chi connectivity index (χ4n) is 4.41. The maximum atomic E-state index is 14.7. The van der Waals surface area contributed by atoms with Crippen LogP contribution in [0.2, 0.25) is 0 Å². The third-order valence-corrected chi connectivity index (χ3v) is 5.78. The lowest BCUT2D eigenvalue weighted by Gasteiger charge is -2.25. The van der Waals surface area contributed by atoms with E-state index in [0.29, 0.717) is 17.2 Å². The number of hydrogen-bond donors (Lipinski definition) is 1. The first-order valence-corrected chi connectivity index (χ1v) is 9.86. The monoisotopic (exact) mass is 365 g/mol. The molecule has 1 fully saturated rings. The van der Waals surface area contributed by atoms with Gasteiger partial charge in [-0.3, -0.25) is 0 Å². The van der Waals surface area contributed by atoms with Gasteiger partial charge < -0.3 is 10.2 Å². The van der Waals surface area contributed by atoms with E-state index in [-0.39, 0.29) is 5.82 Å². The van der Waals surface area contributed by atoms with E-state index in [1.54, 1.807) is 16.8 Å². The number of anilines is 1. The molecule has 2 aromatic heterocycles. The Morgan fingerprint density at radius 3 is 3.04 bits per heavy atom. The molecule has 5 rings (SSSR count). The summed E-state index contributed by atoms with van der Waals surface area (Å²) in [5.41, 5.74) is 3.20. The zero-order valence-corrected chi connectivity index (χ0v) is 15.4. The molecule has 0 aliphatic carbocycles. The Morgan fingerprint density at radius 2 is 2.07 bits per heavy atom. The highest BCUT2D eigenvalue weighted by Gasteiger charge is 2.20. The van der Waals surface area contributed by atoms with E-state index in [2.05, 4.69) is 20.3 Å². The van der Waals surface area contributed by atoms with Crippen molar-refractivity contribution in [2.75, 3.05) is 31.5 Å². The lowest BCUT2D eigenvalue weighted by Crippen LogP contribution is -2.33. The fourth-order valence-corrected chi connectivity index (χ4v) is 4.41. The highest BCUT2D eigenvalue weighted by Crippen LogP contribution is 2.28. The van der Waals surface area contributed by atoms with E-state index < -0.39 is 0 Å². The van der Waals surface area contributed by atoms with Crippen LogP contribution in [0, 0.1) is 11.7 Å². The average molecular weight is 365 g/mol. The predicted octanol–water partition coefficient (Wildman–Crippen LogP) is 3.61. The molecule has 0 radical (unpaired) electrons. The van der Waals surface area contributed by atoms with Crippen molar-refractivity contribution in [1.82, 2.24) is 19.5 Å². The van der Waals surface area contributed by atoms with E-state index >= 15 is 0 Å². The normalized spacial score (nSPS) is 22.9. The number of rotatable bonds is 0. The molecule has 5 nitrogen and oxygen atoms in total. The number of fused-ring (bicyclic) bond motifs is 6. The Labute approximate surface area is 158 Å². The van der Waals surface area contributed by atoms with Gasteiger partial charge in [-0.15, -0.1) is 5.10 Å². The van der Waals surface area contributed by atoms with Crippen molar-refractivity contribution < 1.29 is 4.39 Å². The van der Waals surface area contributed by atoms with E-state index in [4.69, 9.17) is 0 Å². The lowest BCUT2D eigenvalue weighted by atomic mass is 9.93. The second-order valence-corrected chi connectivity index (χ2v) is 7.74. The molecule has 2 aliphatic rings. The van der Waals surface area contributed by atoms with Gasteiger partial charge in [0.1, 0.15) is 11.6 Å². The highest BCUT2D eigenvalue weighted by atomic mass is 19.1. The van der Waals surface area contributed by atoms with Crippen LogP contribution in [-0.4, -0.2) is 45.7 Å². The van der Waals surface area contributed by atoms with Gasteiger partial charge in [-0.1, -0.05) is 12.5 Å². The summed E-state index contributed by atoms with van der Waals surface area (Å²) in [4.78, 5) is 6.97. The Morgan fingerprint density at radius 1 is 1.11 bits per heavy atom. The molecule has 4 heterocycles. The summed E-state index contributed by atoms with van der Waals surface area (Å²) < 4.78 is 16.4. The van der Waals surface area contributed by atoms with Gasteiger partial charge in [0.2, 0.25) is 0 Å². The van der Waals surface area contributed by atoms with Gasteiger partial charge in [0, 0.05) is 25.2 Å². The molecule has 1 N–H and O–H groups in total.